The number of nitrogens with two attached hydrogens (primary N) is 1. The number of carbonyl (C=O) groups excluding carboxylic acids is 1. The lowest BCUT2D eigenvalue weighted by molar-refractivity contribution is 0.0953. The van der Waals surface area contributed by atoms with Gasteiger partial charge in [0.2, 0.25) is 10.0 Å². The molecule has 2 aromatic rings. The van der Waals surface area contributed by atoms with E-state index >= 15 is 0 Å². The molecule has 5 nitrogen and oxygen atoms in total. The van der Waals surface area contributed by atoms with Crippen molar-refractivity contribution in [2.24, 2.45) is 5.14 Å². The van der Waals surface area contributed by atoms with Crippen LogP contribution in [0.3, 0.4) is 0 Å². The molecule has 0 radical (unpaired) electrons. The normalized spacial score (nSPS) is 14.2. The average molecular weight is 364 g/mol. The van der Waals surface area contributed by atoms with Gasteiger partial charge < -0.3 is 5.32 Å². The minimum absolute atomic E-state index is 0.0180. The summed E-state index contributed by atoms with van der Waals surface area (Å²) >= 11 is 1.68. The van der Waals surface area contributed by atoms with E-state index in [-0.39, 0.29) is 10.8 Å². The van der Waals surface area contributed by atoms with Gasteiger partial charge in [-0.1, -0.05) is 12.1 Å². The molecule has 0 fully saturated rings. The van der Waals surface area contributed by atoms with Crippen molar-refractivity contribution in [1.82, 2.24) is 5.32 Å². The van der Waals surface area contributed by atoms with Crippen molar-refractivity contribution in [1.29, 1.82) is 0 Å². The Bertz CT molecular complexity index is 839. The Morgan fingerprint density at radius 3 is 2.58 bits per heavy atom. The largest absolute Gasteiger partial charge is 0.352 e. The van der Waals surface area contributed by atoms with E-state index in [1.54, 1.807) is 23.5 Å². The number of rotatable bonds is 5. The second-order valence-electron chi connectivity index (χ2n) is 5.95. The van der Waals surface area contributed by atoms with Crippen LogP contribution in [0.25, 0.3) is 0 Å². The number of hydrogen-bond donors (Lipinski definition) is 2. The van der Waals surface area contributed by atoms with Crippen molar-refractivity contribution >= 4 is 27.3 Å². The van der Waals surface area contributed by atoms with E-state index in [9.17, 15) is 13.2 Å². The summed E-state index contributed by atoms with van der Waals surface area (Å²) in [4.78, 5) is 13.8. The highest BCUT2D eigenvalue weighted by molar-refractivity contribution is 7.89. The molecule has 1 aliphatic rings. The van der Waals surface area contributed by atoms with Gasteiger partial charge in [0.25, 0.3) is 5.91 Å². The Morgan fingerprint density at radius 1 is 1.17 bits per heavy atom. The molecule has 1 aromatic heterocycles. The zero-order valence-corrected chi connectivity index (χ0v) is 14.9. The molecule has 128 valence electrons. The van der Waals surface area contributed by atoms with Gasteiger partial charge >= 0.3 is 0 Å². The fraction of sp³-hybridized carbons (Fsp3) is 0.353. The number of primary sulfonamides is 1. The first-order chi connectivity index (χ1) is 11.4. The Balaban J connectivity index is 1.56. The number of fused-ring (bicyclic) bond motifs is 1. The van der Waals surface area contributed by atoms with Crippen LogP contribution in [-0.4, -0.2) is 20.9 Å². The molecule has 0 atom stereocenters. The Morgan fingerprint density at radius 2 is 1.88 bits per heavy atom. The third-order valence-electron chi connectivity index (χ3n) is 4.26. The second kappa shape index (κ2) is 7.04. The maximum Gasteiger partial charge on any atom is 0.252 e. The molecule has 3 N–H and O–H groups in total. The van der Waals surface area contributed by atoms with Crippen LogP contribution in [0.4, 0.5) is 0 Å². The molecule has 0 saturated heterocycles. The molecular formula is C17H20N2O3S2. The molecule has 0 bridgehead atoms. The molecule has 1 aliphatic carbocycles. The zero-order chi connectivity index (χ0) is 17.2. The lowest BCUT2D eigenvalue weighted by atomic mass is 9.95. The molecule has 0 aliphatic heterocycles. The standard InChI is InChI=1S/C17H20N2O3S2/c18-24(21,22)13-7-5-12(6-8-13)9-10-19-17(20)15-11-23-16-4-2-1-3-14(15)16/h5-8,11H,1-4,9-10H2,(H,19,20)(H2,18,21,22). The van der Waals surface area contributed by atoms with Gasteiger partial charge in [-0.2, -0.15) is 0 Å². The van der Waals surface area contributed by atoms with Crippen molar-refractivity contribution in [2.75, 3.05) is 6.54 Å². The number of nitrogens with one attached hydrogen (secondary N) is 1. The fourth-order valence-electron chi connectivity index (χ4n) is 2.95. The third kappa shape index (κ3) is 3.85. The first-order valence-corrected chi connectivity index (χ1v) is 10.4. The quantitative estimate of drug-likeness (QED) is 0.853. The number of amides is 1. The van der Waals surface area contributed by atoms with Crippen LogP contribution >= 0.6 is 11.3 Å². The summed E-state index contributed by atoms with van der Waals surface area (Å²) in [6, 6.07) is 6.42. The minimum atomic E-state index is -3.66. The number of hydrogen-bond acceptors (Lipinski definition) is 4. The molecule has 1 amide bonds. The maximum absolute atomic E-state index is 12.4. The van der Waals surface area contributed by atoms with Crippen molar-refractivity contribution < 1.29 is 13.2 Å². The number of benzene rings is 1. The lowest BCUT2D eigenvalue weighted by Gasteiger charge is -2.12. The Hall–Kier alpha value is -1.70. The first kappa shape index (κ1) is 17.1. The van der Waals surface area contributed by atoms with Gasteiger partial charge in [0.15, 0.2) is 0 Å². The van der Waals surface area contributed by atoms with E-state index in [4.69, 9.17) is 5.14 Å². The van der Waals surface area contributed by atoms with E-state index in [0.29, 0.717) is 13.0 Å². The molecule has 1 heterocycles. The zero-order valence-electron chi connectivity index (χ0n) is 13.2. The molecule has 1 aromatic carbocycles. The van der Waals surface area contributed by atoms with E-state index in [1.807, 2.05) is 5.38 Å². The summed E-state index contributed by atoms with van der Waals surface area (Å²) in [7, 11) is -3.66. The summed E-state index contributed by atoms with van der Waals surface area (Å²) in [6.07, 6.45) is 5.09. The molecular weight excluding hydrogens is 344 g/mol. The van der Waals surface area contributed by atoms with Crippen LogP contribution in [-0.2, 0) is 29.3 Å². The molecule has 7 heteroatoms. The highest BCUT2D eigenvalue weighted by Crippen LogP contribution is 2.30. The average Bonchev–Trinajstić information content (AvgIpc) is 2.98. The van der Waals surface area contributed by atoms with Gasteiger partial charge in [0, 0.05) is 16.8 Å². The van der Waals surface area contributed by atoms with Crippen LogP contribution in [0.2, 0.25) is 0 Å². The van der Waals surface area contributed by atoms with E-state index in [0.717, 1.165) is 30.4 Å². The van der Waals surface area contributed by atoms with Crippen LogP contribution in [0.5, 0.6) is 0 Å². The highest BCUT2D eigenvalue weighted by atomic mass is 32.2. The first-order valence-electron chi connectivity index (χ1n) is 7.94. The summed E-state index contributed by atoms with van der Waals surface area (Å²) in [6.45, 7) is 0.512. The monoisotopic (exact) mass is 364 g/mol. The topological polar surface area (TPSA) is 89.3 Å². The Kier molecular flexibility index (Phi) is 5.03. The summed E-state index contributed by atoms with van der Waals surface area (Å²) in [5, 5.41) is 9.99. The van der Waals surface area contributed by atoms with Crippen LogP contribution in [0.15, 0.2) is 34.5 Å². The highest BCUT2D eigenvalue weighted by Gasteiger charge is 2.19. The van der Waals surface area contributed by atoms with Crippen molar-refractivity contribution in [2.45, 2.75) is 37.0 Å². The van der Waals surface area contributed by atoms with Gasteiger partial charge in [0.1, 0.15) is 0 Å². The van der Waals surface area contributed by atoms with Gasteiger partial charge in [-0.3, -0.25) is 4.79 Å². The Labute approximate surface area is 145 Å². The predicted octanol–water partition coefficient (Wildman–Crippen LogP) is 2.25. The van der Waals surface area contributed by atoms with Crippen molar-refractivity contribution in [3.05, 3.63) is 51.2 Å². The van der Waals surface area contributed by atoms with Crippen LogP contribution in [0, 0.1) is 0 Å². The number of sulfonamides is 1. The van der Waals surface area contributed by atoms with E-state index in [2.05, 4.69) is 5.32 Å². The number of thiophene rings is 1. The van der Waals surface area contributed by atoms with Gasteiger partial charge in [-0.05, 0) is 55.4 Å². The fourth-order valence-corrected chi connectivity index (χ4v) is 4.59. The van der Waals surface area contributed by atoms with Gasteiger partial charge in [-0.15, -0.1) is 11.3 Å². The SMILES string of the molecule is NS(=O)(=O)c1ccc(CCNC(=O)c2csc3c2CCCC3)cc1. The van der Waals surface area contributed by atoms with Crippen LogP contribution in [0.1, 0.15) is 39.2 Å². The van der Waals surface area contributed by atoms with Gasteiger partial charge in [-0.25, -0.2) is 13.6 Å². The molecule has 3 rings (SSSR count). The second-order valence-corrected chi connectivity index (χ2v) is 8.48. The number of aryl methyl sites for hydroxylation is 1. The van der Waals surface area contributed by atoms with Gasteiger partial charge in [0.05, 0.1) is 10.5 Å². The molecule has 0 unspecified atom stereocenters. The molecule has 0 spiro atoms. The number of carbonyl (C=O) groups is 1. The molecule has 24 heavy (non-hydrogen) atoms. The predicted molar refractivity (Wildman–Crippen MR) is 94.8 cm³/mol. The summed E-state index contributed by atoms with van der Waals surface area (Å²) in [5.41, 5.74) is 3.00. The van der Waals surface area contributed by atoms with Crippen molar-refractivity contribution in [3.8, 4) is 0 Å². The van der Waals surface area contributed by atoms with E-state index in [1.165, 1.54) is 29.0 Å². The summed E-state index contributed by atoms with van der Waals surface area (Å²) < 4.78 is 22.4. The minimum Gasteiger partial charge on any atom is -0.352 e. The smallest absolute Gasteiger partial charge is 0.252 e. The molecule has 0 saturated carbocycles. The van der Waals surface area contributed by atoms with Crippen LogP contribution < -0.4 is 10.5 Å². The van der Waals surface area contributed by atoms with Crippen molar-refractivity contribution in [3.63, 3.8) is 0 Å². The summed E-state index contributed by atoms with van der Waals surface area (Å²) in [5.74, 6) is -0.0180. The lowest BCUT2D eigenvalue weighted by Crippen LogP contribution is -2.26. The maximum atomic E-state index is 12.4. The third-order valence-corrected chi connectivity index (χ3v) is 6.27. The van der Waals surface area contributed by atoms with E-state index < -0.39 is 10.0 Å².